The Balaban J connectivity index is 2.38. The smallest absolute Gasteiger partial charge is 0.245 e. The van der Waals surface area contributed by atoms with E-state index in [4.69, 9.17) is 0 Å². The molecule has 1 aromatic rings. The molecule has 1 aliphatic heterocycles. The molecule has 0 amide bonds. The van der Waals surface area contributed by atoms with Crippen molar-refractivity contribution >= 4 is 10.0 Å². The molecular formula is C14H20F2N2O2S. The third kappa shape index (κ3) is 3.41. The van der Waals surface area contributed by atoms with E-state index in [-0.39, 0.29) is 12.1 Å². The fraction of sp³-hybridized carbons (Fsp3) is 0.571. The molecule has 1 saturated heterocycles. The van der Waals surface area contributed by atoms with Crippen LogP contribution in [0, 0.1) is 11.6 Å². The maximum absolute atomic E-state index is 14.4. The third-order valence-corrected chi connectivity index (χ3v) is 5.55. The van der Waals surface area contributed by atoms with Crippen LogP contribution in [0.2, 0.25) is 0 Å². The van der Waals surface area contributed by atoms with E-state index in [1.54, 1.807) is 0 Å². The highest BCUT2D eigenvalue weighted by Gasteiger charge is 2.30. The summed E-state index contributed by atoms with van der Waals surface area (Å²) in [6.45, 7) is 3.10. The number of benzene rings is 1. The quantitative estimate of drug-likeness (QED) is 0.906. The molecule has 0 saturated carbocycles. The number of halogens is 2. The Morgan fingerprint density at radius 3 is 2.48 bits per heavy atom. The number of rotatable bonds is 5. The summed E-state index contributed by atoms with van der Waals surface area (Å²) in [5, 5.41) is 2.82. The summed E-state index contributed by atoms with van der Waals surface area (Å²) in [6, 6.07) is 2.04. The summed E-state index contributed by atoms with van der Waals surface area (Å²) in [5.41, 5.74) is -0.227. The first-order chi connectivity index (χ1) is 9.98. The maximum Gasteiger partial charge on any atom is 0.245 e. The van der Waals surface area contributed by atoms with E-state index in [2.05, 4.69) is 5.32 Å². The molecule has 1 N–H and O–H groups in total. The van der Waals surface area contributed by atoms with Crippen LogP contribution in [0.4, 0.5) is 8.78 Å². The SMILES string of the molecule is CCNCc1c(F)ccc(S(=O)(=O)N2CCCCC2)c1F. The highest BCUT2D eigenvalue weighted by Crippen LogP contribution is 2.26. The molecule has 118 valence electrons. The lowest BCUT2D eigenvalue weighted by atomic mass is 10.2. The van der Waals surface area contributed by atoms with Crippen molar-refractivity contribution in [2.45, 2.75) is 37.6 Å². The average molecular weight is 318 g/mol. The number of nitrogens with zero attached hydrogens (tertiary/aromatic N) is 1. The standard InChI is InChI=1S/C14H20F2N2O2S/c1-2-17-10-11-12(15)6-7-13(14(11)16)21(19,20)18-8-4-3-5-9-18/h6-7,17H,2-5,8-10H2,1H3. The van der Waals surface area contributed by atoms with Gasteiger partial charge in [0.15, 0.2) is 5.82 Å². The Hall–Kier alpha value is -1.05. The van der Waals surface area contributed by atoms with Gasteiger partial charge in [-0.2, -0.15) is 4.31 Å². The van der Waals surface area contributed by atoms with E-state index in [9.17, 15) is 17.2 Å². The fourth-order valence-corrected chi connectivity index (χ4v) is 4.04. The molecule has 7 heteroatoms. The van der Waals surface area contributed by atoms with Crippen LogP contribution in [0.1, 0.15) is 31.7 Å². The van der Waals surface area contributed by atoms with Gasteiger partial charge in [-0.05, 0) is 31.5 Å². The molecule has 1 heterocycles. The van der Waals surface area contributed by atoms with Crippen molar-refractivity contribution in [2.75, 3.05) is 19.6 Å². The average Bonchev–Trinajstić information content (AvgIpc) is 2.48. The molecule has 0 aromatic heterocycles. The molecule has 1 aliphatic rings. The van der Waals surface area contributed by atoms with Crippen molar-refractivity contribution in [1.29, 1.82) is 0 Å². The van der Waals surface area contributed by atoms with Crippen LogP contribution >= 0.6 is 0 Å². The molecule has 0 bridgehead atoms. The van der Waals surface area contributed by atoms with Crippen molar-refractivity contribution in [3.8, 4) is 0 Å². The van der Waals surface area contributed by atoms with Gasteiger partial charge in [0.05, 0.1) is 0 Å². The summed E-state index contributed by atoms with van der Waals surface area (Å²) in [4.78, 5) is -0.432. The lowest BCUT2D eigenvalue weighted by Gasteiger charge is -2.26. The molecule has 4 nitrogen and oxygen atoms in total. The molecule has 0 atom stereocenters. The predicted molar refractivity (Wildman–Crippen MR) is 76.3 cm³/mol. The molecule has 2 rings (SSSR count). The van der Waals surface area contributed by atoms with Gasteiger partial charge < -0.3 is 5.32 Å². The maximum atomic E-state index is 14.4. The van der Waals surface area contributed by atoms with E-state index in [1.807, 2.05) is 6.92 Å². The minimum atomic E-state index is -3.89. The second-order valence-electron chi connectivity index (χ2n) is 5.08. The zero-order valence-electron chi connectivity index (χ0n) is 12.0. The Morgan fingerprint density at radius 1 is 1.19 bits per heavy atom. The van der Waals surface area contributed by atoms with Crippen LogP contribution in [-0.4, -0.2) is 32.4 Å². The van der Waals surface area contributed by atoms with Crippen LogP contribution in [0.3, 0.4) is 0 Å². The molecule has 0 spiro atoms. The monoisotopic (exact) mass is 318 g/mol. The molecule has 1 fully saturated rings. The summed E-state index contributed by atoms with van der Waals surface area (Å²) < 4.78 is 54.4. The molecule has 0 unspecified atom stereocenters. The van der Waals surface area contributed by atoms with Gasteiger partial charge in [0.2, 0.25) is 10.0 Å². The number of sulfonamides is 1. The minimum Gasteiger partial charge on any atom is -0.313 e. The summed E-state index contributed by atoms with van der Waals surface area (Å²) in [6.07, 6.45) is 2.52. The first-order valence-electron chi connectivity index (χ1n) is 7.16. The van der Waals surface area contributed by atoms with Crippen molar-refractivity contribution in [3.63, 3.8) is 0 Å². The third-order valence-electron chi connectivity index (χ3n) is 3.64. The van der Waals surface area contributed by atoms with Gasteiger partial charge in [0.25, 0.3) is 0 Å². The first-order valence-corrected chi connectivity index (χ1v) is 8.60. The Kier molecular flexibility index (Phi) is 5.29. The summed E-state index contributed by atoms with van der Waals surface area (Å²) in [7, 11) is -3.89. The van der Waals surface area contributed by atoms with Gasteiger partial charge in [-0.3, -0.25) is 0 Å². The van der Waals surface area contributed by atoms with Crippen LogP contribution < -0.4 is 5.32 Å². The van der Waals surface area contributed by atoms with Crippen LogP contribution in [-0.2, 0) is 16.6 Å². The van der Waals surface area contributed by atoms with Gasteiger partial charge in [0, 0.05) is 25.2 Å². The van der Waals surface area contributed by atoms with Crippen molar-refractivity contribution < 1.29 is 17.2 Å². The normalized spacial score (nSPS) is 17.1. The summed E-state index contributed by atoms with van der Waals surface area (Å²) in [5.74, 6) is -1.72. The summed E-state index contributed by atoms with van der Waals surface area (Å²) >= 11 is 0. The number of hydrogen-bond donors (Lipinski definition) is 1. The van der Waals surface area contributed by atoms with Crippen molar-refractivity contribution in [2.24, 2.45) is 0 Å². The first kappa shape index (κ1) is 16.3. The van der Waals surface area contributed by atoms with Gasteiger partial charge in [-0.1, -0.05) is 13.3 Å². The molecular weight excluding hydrogens is 298 g/mol. The lowest BCUT2D eigenvalue weighted by molar-refractivity contribution is 0.344. The lowest BCUT2D eigenvalue weighted by Crippen LogP contribution is -2.36. The molecule has 1 aromatic carbocycles. The van der Waals surface area contributed by atoms with E-state index in [0.717, 1.165) is 31.4 Å². The highest BCUT2D eigenvalue weighted by molar-refractivity contribution is 7.89. The van der Waals surface area contributed by atoms with E-state index >= 15 is 0 Å². The number of hydrogen-bond acceptors (Lipinski definition) is 3. The predicted octanol–water partition coefficient (Wildman–Crippen LogP) is 2.25. The minimum absolute atomic E-state index is 0.0302. The topological polar surface area (TPSA) is 49.4 Å². The Labute approximate surface area is 124 Å². The number of piperidine rings is 1. The Bertz CT molecular complexity index is 599. The van der Waals surface area contributed by atoms with Gasteiger partial charge in [-0.15, -0.1) is 0 Å². The van der Waals surface area contributed by atoms with Crippen LogP contribution in [0.15, 0.2) is 17.0 Å². The molecule has 0 radical (unpaired) electrons. The zero-order valence-corrected chi connectivity index (χ0v) is 12.8. The highest BCUT2D eigenvalue weighted by atomic mass is 32.2. The van der Waals surface area contributed by atoms with E-state index in [0.29, 0.717) is 19.6 Å². The van der Waals surface area contributed by atoms with Gasteiger partial charge in [0.1, 0.15) is 10.7 Å². The molecule has 0 aliphatic carbocycles. The largest absolute Gasteiger partial charge is 0.313 e. The van der Waals surface area contributed by atoms with Gasteiger partial charge >= 0.3 is 0 Å². The second kappa shape index (κ2) is 6.81. The van der Waals surface area contributed by atoms with Crippen molar-refractivity contribution in [3.05, 3.63) is 29.3 Å². The van der Waals surface area contributed by atoms with Gasteiger partial charge in [-0.25, -0.2) is 17.2 Å². The van der Waals surface area contributed by atoms with Crippen molar-refractivity contribution in [1.82, 2.24) is 9.62 Å². The second-order valence-corrected chi connectivity index (χ2v) is 6.99. The van der Waals surface area contributed by atoms with Crippen LogP contribution in [0.25, 0.3) is 0 Å². The zero-order chi connectivity index (χ0) is 15.5. The van der Waals surface area contributed by atoms with Crippen LogP contribution in [0.5, 0.6) is 0 Å². The Morgan fingerprint density at radius 2 is 1.86 bits per heavy atom. The van der Waals surface area contributed by atoms with E-state index in [1.165, 1.54) is 4.31 Å². The molecule has 21 heavy (non-hydrogen) atoms. The van der Waals surface area contributed by atoms with E-state index < -0.39 is 26.6 Å². The number of nitrogens with one attached hydrogen (secondary N) is 1. The fourth-order valence-electron chi connectivity index (χ4n) is 2.43.